The summed E-state index contributed by atoms with van der Waals surface area (Å²) in [5.41, 5.74) is 2.01. The number of rotatable bonds is 3. The highest BCUT2D eigenvalue weighted by Crippen LogP contribution is 2.37. The zero-order chi connectivity index (χ0) is 21.8. The third-order valence-electron chi connectivity index (χ3n) is 5.51. The first kappa shape index (κ1) is 18.6. The van der Waals surface area contributed by atoms with E-state index < -0.39 is 29.1 Å². The largest absolute Gasteiger partial charge is 0.403 e. The maximum absolute atomic E-state index is 14.3. The van der Waals surface area contributed by atoms with E-state index in [0.717, 1.165) is 17.8 Å². The molecular formula is C21H14F3N7O. The van der Waals surface area contributed by atoms with Gasteiger partial charge in [0, 0.05) is 24.9 Å². The number of nitrogens with zero attached hydrogens (tertiary/aromatic N) is 6. The lowest BCUT2D eigenvalue weighted by molar-refractivity contribution is 0.496. The Hall–Kier alpha value is -4.15. The number of hydrogen-bond acceptors (Lipinski definition) is 6. The summed E-state index contributed by atoms with van der Waals surface area (Å²) in [6, 6.07) is 7.53. The fraction of sp³-hybridized carbons (Fsp3) is 0.143. The lowest BCUT2D eigenvalue weighted by Gasteiger charge is -2.32. The maximum Gasteiger partial charge on any atom is 0.319 e. The number of aromatic nitrogens is 6. The van der Waals surface area contributed by atoms with Crippen molar-refractivity contribution in [3.63, 3.8) is 0 Å². The Morgan fingerprint density at radius 1 is 1.03 bits per heavy atom. The Bertz CT molecular complexity index is 1440. The van der Waals surface area contributed by atoms with Gasteiger partial charge in [-0.25, -0.2) is 22.7 Å². The standard InChI is InChI=1S/C21H14F3N7O/c22-11-5-2-7-31-16(11)9-15(29-31)19-18-14(25-10-26-18)6-8-30(19)21-28-27-20(32-21)17-12(23)3-1-4-13(17)24/h1-5,7,9-10,19H,6,8H2,(H,25,26). The average Bonchev–Trinajstić information content (AvgIpc) is 3.52. The van der Waals surface area contributed by atoms with Gasteiger partial charge in [-0.1, -0.05) is 11.2 Å². The van der Waals surface area contributed by atoms with Crippen molar-refractivity contribution in [2.24, 2.45) is 0 Å². The molecule has 0 fully saturated rings. The van der Waals surface area contributed by atoms with E-state index in [1.807, 2.05) is 0 Å². The van der Waals surface area contributed by atoms with Crippen LogP contribution < -0.4 is 4.90 Å². The van der Waals surface area contributed by atoms with Crippen LogP contribution in [0.25, 0.3) is 17.0 Å². The first-order chi connectivity index (χ1) is 15.6. The van der Waals surface area contributed by atoms with Gasteiger partial charge in [-0.3, -0.25) is 0 Å². The van der Waals surface area contributed by atoms with Gasteiger partial charge in [0.1, 0.15) is 34.6 Å². The van der Waals surface area contributed by atoms with Gasteiger partial charge in [-0.05, 0) is 30.3 Å². The maximum atomic E-state index is 14.3. The van der Waals surface area contributed by atoms with E-state index in [1.54, 1.807) is 29.6 Å². The predicted molar refractivity (Wildman–Crippen MR) is 106 cm³/mol. The van der Waals surface area contributed by atoms with Gasteiger partial charge < -0.3 is 14.3 Å². The van der Waals surface area contributed by atoms with Gasteiger partial charge in [-0.2, -0.15) is 5.10 Å². The van der Waals surface area contributed by atoms with Crippen molar-refractivity contribution in [3.8, 4) is 11.5 Å². The average molecular weight is 437 g/mol. The molecule has 1 aliphatic heterocycles. The second-order valence-electron chi connectivity index (χ2n) is 7.35. The van der Waals surface area contributed by atoms with Crippen LogP contribution in [-0.4, -0.2) is 36.3 Å². The smallest absolute Gasteiger partial charge is 0.319 e. The van der Waals surface area contributed by atoms with Crippen LogP contribution >= 0.6 is 0 Å². The Morgan fingerprint density at radius 3 is 2.66 bits per heavy atom. The summed E-state index contributed by atoms with van der Waals surface area (Å²) >= 11 is 0. The molecule has 0 spiro atoms. The van der Waals surface area contributed by atoms with Gasteiger partial charge in [0.25, 0.3) is 5.89 Å². The first-order valence-corrected chi connectivity index (χ1v) is 9.80. The number of halogens is 3. The minimum absolute atomic E-state index is 0.0545. The van der Waals surface area contributed by atoms with Crippen LogP contribution in [0.4, 0.5) is 19.2 Å². The summed E-state index contributed by atoms with van der Waals surface area (Å²) in [6.45, 7) is 0.442. The Morgan fingerprint density at radius 2 is 1.84 bits per heavy atom. The van der Waals surface area contributed by atoms with Gasteiger partial charge >= 0.3 is 6.01 Å². The molecule has 1 aromatic carbocycles. The molecule has 4 aromatic heterocycles. The molecule has 1 unspecified atom stereocenters. The number of anilines is 1. The molecule has 0 aliphatic carbocycles. The number of fused-ring (bicyclic) bond motifs is 2. The number of hydrogen-bond donors (Lipinski definition) is 1. The summed E-state index contributed by atoms with van der Waals surface area (Å²) in [6.07, 6.45) is 3.82. The fourth-order valence-corrected chi connectivity index (χ4v) is 4.05. The van der Waals surface area contributed by atoms with E-state index in [1.165, 1.54) is 16.6 Å². The van der Waals surface area contributed by atoms with Gasteiger partial charge in [-0.15, -0.1) is 5.10 Å². The van der Waals surface area contributed by atoms with Gasteiger partial charge in [0.05, 0.1) is 17.7 Å². The summed E-state index contributed by atoms with van der Waals surface area (Å²) in [4.78, 5) is 9.28. The molecule has 0 radical (unpaired) electrons. The van der Waals surface area contributed by atoms with Crippen molar-refractivity contribution in [3.05, 3.63) is 83.5 Å². The van der Waals surface area contributed by atoms with Gasteiger partial charge in [0.2, 0.25) is 0 Å². The quantitative estimate of drug-likeness (QED) is 0.463. The van der Waals surface area contributed by atoms with Crippen molar-refractivity contribution < 1.29 is 17.6 Å². The predicted octanol–water partition coefficient (Wildman–Crippen LogP) is 3.68. The lowest BCUT2D eigenvalue weighted by atomic mass is 10.0. The van der Waals surface area contributed by atoms with Crippen molar-refractivity contribution in [2.75, 3.05) is 11.4 Å². The summed E-state index contributed by atoms with van der Waals surface area (Å²) in [7, 11) is 0. The van der Waals surface area contributed by atoms with E-state index in [0.29, 0.717) is 29.9 Å². The second-order valence-corrected chi connectivity index (χ2v) is 7.35. The van der Waals surface area contributed by atoms with E-state index >= 15 is 0 Å². The SMILES string of the molecule is Fc1cccc(F)c1-c1nnc(N2CCc3[nH]cnc3C2c2cc3c(F)cccn3n2)o1. The summed E-state index contributed by atoms with van der Waals surface area (Å²) in [5, 5.41) is 12.4. The van der Waals surface area contributed by atoms with Crippen LogP contribution in [0.2, 0.25) is 0 Å². The van der Waals surface area contributed by atoms with Crippen LogP contribution in [0, 0.1) is 17.5 Å². The molecule has 5 heterocycles. The van der Waals surface area contributed by atoms with Crippen molar-refractivity contribution >= 4 is 11.5 Å². The minimum atomic E-state index is -0.805. The van der Waals surface area contributed by atoms with Crippen molar-refractivity contribution in [1.82, 2.24) is 29.8 Å². The van der Waals surface area contributed by atoms with Crippen LogP contribution in [-0.2, 0) is 6.42 Å². The van der Waals surface area contributed by atoms with E-state index in [9.17, 15) is 13.2 Å². The summed E-state index contributed by atoms with van der Waals surface area (Å²) in [5.74, 6) is -2.30. The topological polar surface area (TPSA) is 88.1 Å². The molecule has 11 heteroatoms. The fourth-order valence-electron chi connectivity index (χ4n) is 4.05. The van der Waals surface area contributed by atoms with Crippen LogP contribution in [0.1, 0.15) is 23.1 Å². The monoisotopic (exact) mass is 437 g/mol. The lowest BCUT2D eigenvalue weighted by Crippen LogP contribution is -2.36. The van der Waals surface area contributed by atoms with Gasteiger partial charge in [0.15, 0.2) is 0 Å². The van der Waals surface area contributed by atoms with Crippen LogP contribution in [0.15, 0.2) is 53.3 Å². The molecular weight excluding hydrogens is 423 g/mol. The van der Waals surface area contributed by atoms with Crippen LogP contribution in [0.3, 0.4) is 0 Å². The molecule has 0 amide bonds. The van der Waals surface area contributed by atoms with Crippen LogP contribution in [0.5, 0.6) is 0 Å². The second kappa shape index (κ2) is 6.94. The summed E-state index contributed by atoms with van der Waals surface area (Å²) < 4.78 is 49.8. The molecule has 1 aliphatic rings. The molecule has 8 nitrogen and oxygen atoms in total. The third kappa shape index (κ3) is 2.77. The Balaban J connectivity index is 1.47. The molecule has 160 valence electrons. The highest BCUT2D eigenvalue weighted by molar-refractivity contribution is 5.57. The number of H-pyrrole nitrogens is 1. The van der Waals surface area contributed by atoms with Crippen molar-refractivity contribution in [2.45, 2.75) is 12.5 Å². The number of aromatic amines is 1. The highest BCUT2D eigenvalue weighted by Gasteiger charge is 2.36. The number of imidazole rings is 1. The van der Waals surface area contributed by atoms with Crippen molar-refractivity contribution in [1.29, 1.82) is 0 Å². The molecule has 6 rings (SSSR count). The molecule has 32 heavy (non-hydrogen) atoms. The Labute approximate surface area is 178 Å². The molecule has 1 atom stereocenters. The Kier molecular flexibility index (Phi) is 4.03. The third-order valence-corrected chi connectivity index (χ3v) is 5.51. The number of nitrogens with one attached hydrogen (secondary N) is 1. The normalized spacial score (nSPS) is 16.0. The number of benzene rings is 1. The minimum Gasteiger partial charge on any atom is -0.403 e. The molecule has 0 bridgehead atoms. The molecule has 0 saturated carbocycles. The zero-order valence-corrected chi connectivity index (χ0v) is 16.3. The number of pyridine rings is 1. The zero-order valence-electron chi connectivity index (χ0n) is 16.3. The molecule has 1 N–H and O–H groups in total. The molecule has 5 aromatic rings. The molecule has 0 saturated heterocycles. The highest BCUT2D eigenvalue weighted by atomic mass is 19.1. The van der Waals surface area contributed by atoms with E-state index in [2.05, 4.69) is 25.3 Å². The van der Waals surface area contributed by atoms with E-state index in [4.69, 9.17) is 4.42 Å². The first-order valence-electron chi connectivity index (χ1n) is 9.80. The van der Waals surface area contributed by atoms with E-state index in [-0.39, 0.29) is 11.9 Å².